The third kappa shape index (κ3) is 44.0. The molecule has 0 aliphatic heterocycles. The van der Waals surface area contributed by atoms with E-state index in [1.807, 2.05) is 0 Å². The van der Waals surface area contributed by atoms with E-state index in [1.54, 1.807) is 0 Å². The molecule has 3 N–H and O–H groups in total. The molecule has 2 atom stereocenters. The van der Waals surface area contributed by atoms with Crippen LogP contribution in [0.2, 0.25) is 0 Å². The van der Waals surface area contributed by atoms with Crippen LogP contribution < -0.4 is 5.32 Å². The van der Waals surface area contributed by atoms with Crippen molar-refractivity contribution in [3.8, 4) is 0 Å². The first-order chi connectivity index (χ1) is 27.7. The molecular weight excluding hydrogens is 687 g/mol. The Morgan fingerprint density at radius 1 is 0.429 bits per heavy atom. The molecule has 0 aromatic heterocycles. The van der Waals surface area contributed by atoms with E-state index in [-0.39, 0.29) is 12.5 Å². The van der Waals surface area contributed by atoms with Crippen LogP contribution in [0.1, 0.15) is 284 Å². The van der Waals surface area contributed by atoms with Crippen LogP contribution >= 0.6 is 0 Å². The molecule has 0 aliphatic rings. The molecule has 0 spiro atoms. The average molecular weight is 788 g/mol. The monoisotopic (exact) mass is 788 g/mol. The van der Waals surface area contributed by atoms with E-state index in [0.29, 0.717) is 12.8 Å². The number of hydrogen-bond donors (Lipinski definition) is 3. The standard InChI is InChI=1S/C52H101NO3/c1-3-5-7-9-11-12-13-14-15-16-17-18-19-20-21-22-23-24-25-26-27-28-29-30-31-32-33-34-35-36-37-38-39-40-42-44-46-48-52(56)53-50(49-54)51(55)47-45-43-41-10-8-6-4-2/h13-14,16-17,50-51,54-55H,3-12,15,18-49H2,1-2H3,(H,53,56)/b14-13-,17-16-. The lowest BCUT2D eigenvalue weighted by Crippen LogP contribution is -2.45. The van der Waals surface area contributed by atoms with Crippen LogP contribution in [0.4, 0.5) is 0 Å². The van der Waals surface area contributed by atoms with Crippen LogP contribution in [-0.4, -0.2) is 34.9 Å². The Morgan fingerprint density at radius 3 is 1.07 bits per heavy atom. The Morgan fingerprint density at radius 2 is 0.732 bits per heavy atom. The van der Waals surface area contributed by atoms with Crippen molar-refractivity contribution in [2.75, 3.05) is 6.61 Å². The summed E-state index contributed by atoms with van der Waals surface area (Å²) < 4.78 is 0. The Balaban J connectivity index is 3.31. The summed E-state index contributed by atoms with van der Waals surface area (Å²) in [4.78, 5) is 12.3. The Bertz CT molecular complexity index is 810. The quantitative estimate of drug-likeness (QED) is 0.0425. The molecule has 0 radical (unpaired) electrons. The van der Waals surface area contributed by atoms with Crippen LogP contribution in [0.15, 0.2) is 24.3 Å². The van der Waals surface area contributed by atoms with Gasteiger partial charge in [0, 0.05) is 6.42 Å². The van der Waals surface area contributed by atoms with Gasteiger partial charge >= 0.3 is 0 Å². The van der Waals surface area contributed by atoms with Gasteiger partial charge in [-0.1, -0.05) is 256 Å². The molecular formula is C52H101NO3. The van der Waals surface area contributed by atoms with Gasteiger partial charge in [0.25, 0.3) is 0 Å². The third-order valence-corrected chi connectivity index (χ3v) is 12.0. The number of allylic oxidation sites excluding steroid dienone is 4. The first-order valence-electron chi connectivity index (χ1n) is 25.5. The molecule has 0 saturated carbocycles. The van der Waals surface area contributed by atoms with Gasteiger partial charge in [-0.25, -0.2) is 0 Å². The lowest BCUT2D eigenvalue weighted by molar-refractivity contribution is -0.123. The molecule has 4 nitrogen and oxygen atoms in total. The van der Waals surface area contributed by atoms with Crippen molar-refractivity contribution in [3.05, 3.63) is 24.3 Å². The maximum Gasteiger partial charge on any atom is 0.220 e. The van der Waals surface area contributed by atoms with Gasteiger partial charge in [0.15, 0.2) is 0 Å². The molecule has 0 aromatic rings. The van der Waals surface area contributed by atoms with E-state index in [4.69, 9.17) is 0 Å². The number of nitrogens with one attached hydrogen (secondary N) is 1. The zero-order valence-electron chi connectivity index (χ0n) is 38.2. The number of carbonyl (C=O) groups is 1. The highest BCUT2D eigenvalue weighted by molar-refractivity contribution is 5.76. The molecule has 2 unspecified atom stereocenters. The first kappa shape index (κ1) is 54.9. The van der Waals surface area contributed by atoms with Gasteiger partial charge in [0.2, 0.25) is 5.91 Å². The van der Waals surface area contributed by atoms with Gasteiger partial charge < -0.3 is 15.5 Å². The molecule has 0 aliphatic carbocycles. The average Bonchev–Trinajstić information content (AvgIpc) is 3.20. The number of aliphatic hydroxyl groups excluding tert-OH is 2. The second-order valence-electron chi connectivity index (χ2n) is 17.6. The van der Waals surface area contributed by atoms with Gasteiger partial charge in [-0.15, -0.1) is 0 Å². The van der Waals surface area contributed by atoms with Crippen LogP contribution in [0.5, 0.6) is 0 Å². The molecule has 0 heterocycles. The predicted octanol–water partition coefficient (Wildman–Crippen LogP) is 16.4. The van der Waals surface area contributed by atoms with E-state index in [0.717, 1.165) is 32.1 Å². The second-order valence-corrected chi connectivity index (χ2v) is 17.6. The summed E-state index contributed by atoms with van der Waals surface area (Å²) in [5.41, 5.74) is 0. The second kappa shape index (κ2) is 48.2. The Kier molecular flexibility index (Phi) is 47.3. The highest BCUT2D eigenvalue weighted by Gasteiger charge is 2.20. The summed E-state index contributed by atoms with van der Waals surface area (Å²) in [5, 5.41) is 23.0. The third-order valence-electron chi connectivity index (χ3n) is 12.0. The smallest absolute Gasteiger partial charge is 0.220 e. The van der Waals surface area contributed by atoms with Crippen molar-refractivity contribution in [1.82, 2.24) is 5.32 Å². The van der Waals surface area contributed by atoms with Gasteiger partial charge in [-0.2, -0.15) is 0 Å². The van der Waals surface area contributed by atoms with E-state index >= 15 is 0 Å². The van der Waals surface area contributed by atoms with Gasteiger partial charge in [-0.3, -0.25) is 4.79 Å². The summed E-state index contributed by atoms with van der Waals surface area (Å²) in [6, 6.07) is -0.529. The summed E-state index contributed by atoms with van der Waals surface area (Å²) >= 11 is 0. The lowest BCUT2D eigenvalue weighted by atomic mass is 10.0. The van der Waals surface area contributed by atoms with Crippen LogP contribution in [-0.2, 0) is 4.79 Å². The van der Waals surface area contributed by atoms with Crippen molar-refractivity contribution in [2.24, 2.45) is 0 Å². The normalized spacial score (nSPS) is 13.0. The molecule has 56 heavy (non-hydrogen) atoms. The van der Waals surface area contributed by atoms with Crippen molar-refractivity contribution in [1.29, 1.82) is 0 Å². The van der Waals surface area contributed by atoms with Crippen LogP contribution in [0.3, 0.4) is 0 Å². The zero-order valence-corrected chi connectivity index (χ0v) is 38.2. The highest BCUT2D eigenvalue weighted by atomic mass is 16.3. The molecule has 1 amide bonds. The minimum atomic E-state index is -0.652. The fraction of sp³-hybridized carbons (Fsp3) is 0.904. The first-order valence-corrected chi connectivity index (χ1v) is 25.5. The minimum absolute atomic E-state index is 0.0308. The molecule has 0 aromatic carbocycles. The fourth-order valence-corrected chi connectivity index (χ4v) is 8.04. The predicted molar refractivity (Wildman–Crippen MR) is 249 cm³/mol. The fourth-order valence-electron chi connectivity index (χ4n) is 8.04. The number of aliphatic hydroxyl groups is 2. The molecule has 332 valence electrons. The number of hydrogen-bond acceptors (Lipinski definition) is 3. The number of unbranched alkanes of at least 4 members (excludes halogenated alkanes) is 36. The summed E-state index contributed by atoms with van der Waals surface area (Å²) in [6.07, 6.45) is 63.3. The van der Waals surface area contributed by atoms with Crippen molar-refractivity contribution < 1.29 is 15.0 Å². The number of amides is 1. The number of carbonyl (C=O) groups excluding carboxylic acids is 1. The van der Waals surface area contributed by atoms with Crippen molar-refractivity contribution in [2.45, 2.75) is 296 Å². The van der Waals surface area contributed by atoms with E-state index in [2.05, 4.69) is 43.5 Å². The number of rotatable bonds is 47. The molecule has 4 heteroatoms. The van der Waals surface area contributed by atoms with Gasteiger partial charge in [-0.05, 0) is 44.9 Å². The van der Waals surface area contributed by atoms with E-state index in [1.165, 1.54) is 225 Å². The van der Waals surface area contributed by atoms with Crippen molar-refractivity contribution in [3.63, 3.8) is 0 Å². The summed E-state index contributed by atoms with van der Waals surface area (Å²) in [5.74, 6) is -0.0308. The Labute approximate surface area is 351 Å². The zero-order chi connectivity index (χ0) is 40.7. The van der Waals surface area contributed by atoms with Gasteiger partial charge in [0.05, 0.1) is 18.8 Å². The highest BCUT2D eigenvalue weighted by Crippen LogP contribution is 2.17. The van der Waals surface area contributed by atoms with Gasteiger partial charge in [0.1, 0.15) is 0 Å². The van der Waals surface area contributed by atoms with Crippen molar-refractivity contribution >= 4 is 5.91 Å². The minimum Gasteiger partial charge on any atom is -0.394 e. The van der Waals surface area contributed by atoms with Crippen LogP contribution in [0, 0.1) is 0 Å². The summed E-state index contributed by atoms with van der Waals surface area (Å²) in [6.45, 7) is 4.32. The maximum atomic E-state index is 12.3. The topological polar surface area (TPSA) is 69.6 Å². The molecule has 0 rings (SSSR count). The molecule has 0 fully saturated rings. The Hall–Kier alpha value is -1.13. The largest absolute Gasteiger partial charge is 0.394 e. The van der Waals surface area contributed by atoms with E-state index in [9.17, 15) is 15.0 Å². The lowest BCUT2D eigenvalue weighted by Gasteiger charge is -2.22. The van der Waals surface area contributed by atoms with E-state index < -0.39 is 12.1 Å². The molecule has 0 bridgehead atoms. The maximum absolute atomic E-state index is 12.3. The summed E-state index contributed by atoms with van der Waals surface area (Å²) in [7, 11) is 0. The van der Waals surface area contributed by atoms with Crippen LogP contribution in [0.25, 0.3) is 0 Å². The molecule has 0 saturated heterocycles. The SMILES string of the molecule is CCCCCCC/C=C\C/C=C\CCCCCCCCCCCCCCCCCCCCCCCCCCCC(=O)NC(CO)C(O)CCCCCCCCC.